The van der Waals surface area contributed by atoms with E-state index in [1.807, 2.05) is 0 Å². The average Bonchev–Trinajstić information content (AvgIpc) is 2.43. The minimum absolute atomic E-state index is 0.277. The van der Waals surface area contributed by atoms with Crippen LogP contribution in [0.5, 0.6) is 0 Å². The number of hydrogen-bond acceptors (Lipinski definition) is 3. The summed E-state index contributed by atoms with van der Waals surface area (Å²) in [5, 5.41) is 12.2. The second-order valence-corrected chi connectivity index (χ2v) is 4.38. The van der Waals surface area contributed by atoms with Gasteiger partial charge < -0.3 is 15.3 Å². The van der Waals surface area contributed by atoms with Gasteiger partial charge in [-0.3, -0.25) is 0 Å². The van der Waals surface area contributed by atoms with E-state index in [0.717, 1.165) is 19.0 Å². The molecule has 0 aromatic heterocycles. The fraction of sp³-hybridized carbons (Fsp3) is 1.00. The summed E-state index contributed by atoms with van der Waals surface area (Å²) < 4.78 is 0. The van der Waals surface area contributed by atoms with Crippen LogP contribution in [-0.4, -0.2) is 49.8 Å². The molecule has 14 heavy (non-hydrogen) atoms. The van der Waals surface area contributed by atoms with Crippen molar-refractivity contribution >= 4 is 0 Å². The van der Waals surface area contributed by atoms with Crippen molar-refractivity contribution in [1.29, 1.82) is 0 Å². The lowest BCUT2D eigenvalue weighted by Crippen LogP contribution is -2.27. The third-order valence-electron chi connectivity index (χ3n) is 3.05. The molecular weight excluding hydrogens is 176 g/mol. The van der Waals surface area contributed by atoms with Gasteiger partial charge in [-0.1, -0.05) is 6.42 Å². The third kappa shape index (κ3) is 4.94. The van der Waals surface area contributed by atoms with Crippen molar-refractivity contribution in [1.82, 2.24) is 10.2 Å². The smallest absolute Gasteiger partial charge is 0.0558 e. The van der Waals surface area contributed by atoms with Crippen molar-refractivity contribution in [3.63, 3.8) is 0 Å². The Hall–Kier alpha value is -0.120. The summed E-state index contributed by atoms with van der Waals surface area (Å²) in [6.45, 7) is 4.59. The quantitative estimate of drug-likeness (QED) is 0.685. The van der Waals surface area contributed by atoms with Gasteiger partial charge in [-0.15, -0.1) is 0 Å². The predicted octanol–water partition coefficient (Wildman–Crippen LogP) is 0.690. The highest BCUT2D eigenvalue weighted by atomic mass is 16.3. The van der Waals surface area contributed by atoms with Crippen molar-refractivity contribution in [3.05, 3.63) is 0 Å². The Balaban J connectivity index is 2.09. The summed E-state index contributed by atoms with van der Waals surface area (Å²) in [5.74, 6) is 0.846. The first-order valence-corrected chi connectivity index (χ1v) is 5.83. The Morgan fingerprint density at radius 3 is 3.00 bits per heavy atom. The van der Waals surface area contributed by atoms with Crippen LogP contribution >= 0.6 is 0 Å². The molecule has 3 heteroatoms. The number of aliphatic hydroxyl groups is 1. The lowest BCUT2D eigenvalue weighted by molar-refractivity contribution is 0.211. The largest absolute Gasteiger partial charge is 0.395 e. The number of aliphatic hydroxyl groups excluding tert-OH is 1. The molecule has 0 amide bonds. The molecule has 0 aromatic rings. The third-order valence-corrected chi connectivity index (χ3v) is 3.05. The molecule has 0 radical (unpaired) electrons. The van der Waals surface area contributed by atoms with Gasteiger partial charge in [0.2, 0.25) is 0 Å². The summed E-state index contributed by atoms with van der Waals surface area (Å²) >= 11 is 0. The molecule has 1 heterocycles. The lowest BCUT2D eigenvalue weighted by atomic mass is 10.00. The minimum Gasteiger partial charge on any atom is -0.395 e. The number of nitrogens with zero attached hydrogens (tertiary/aromatic N) is 1. The van der Waals surface area contributed by atoms with Crippen LogP contribution < -0.4 is 5.32 Å². The van der Waals surface area contributed by atoms with E-state index in [0.29, 0.717) is 0 Å². The molecule has 0 spiro atoms. The fourth-order valence-electron chi connectivity index (χ4n) is 2.02. The number of likely N-dealkylation sites (N-methyl/N-ethyl adjacent to an activating group) is 1. The first-order chi connectivity index (χ1) is 6.83. The molecule has 1 unspecified atom stereocenters. The first-order valence-electron chi connectivity index (χ1n) is 5.83. The minimum atomic E-state index is 0.277. The first kappa shape index (κ1) is 12.0. The summed E-state index contributed by atoms with van der Waals surface area (Å²) in [4.78, 5) is 2.21. The van der Waals surface area contributed by atoms with E-state index in [9.17, 15) is 0 Å². The highest BCUT2D eigenvalue weighted by molar-refractivity contribution is 4.68. The highest BCUT2D eigenvalue weighted by Gasteiger charge is 2.11. The maximum atomic E-state index is 8.76. The summed E-state index contributed by atoms with van der Waals surface area (Å²) in [6, 6.07) is 0. The Bertz CT molecular complexity index is 133. The van der Waals surface area contributed by atoms with Gasteiger partial charge in [-0.05, 0) is 51.9 Å². The van der Waals surface area contributed by atoms with Crippen LogP contribution in [0.4, 0.5) is 0 Å². The van der Waals surface area contributed by atoms with E-state index in [2.05, 4.69) is 17.3 Å². The molecule has 3 nitrogen and oxygen atoms in total. The molecule has 0 aliphatic carbocycles. The fourth-order valence-corrected chi connectivity index (χ4v) is 2.02. The van der Waals surface area contributed by atoms with E-state index in [1.54, 1.807) is 0 Å². The molecule has 0 bridgehead atoms. The van der Waals surface area contributed by atoms with E-state index >= 15 is 0 Å². The Labute approximate surface area is 87.5 Å². The monoisotopic (exact) mass is 200 g/mol. The number of nitrogens with one attached hydrogen (secondary N) is 1. The number of hydrogen-bond donors (Lipinski definition) is 2. The van der Waals surface area contributed by atoms with Crippen LogP contribution in [0.2, 0.25) is 0 Å². The Kier molecular flexibility index (Phi) is 6.15. The molecule has 84 valence electrons. The molecule has 1 aliphatic rings. The van der Waals surface area contributed by atoms with Crippen molar-refractivity contribution in [3.8, 4) is 0 Å². The van der Waals surface area contributed by atoms with Crippen molar-refractivity contribution in [2.75, 3.05) is 39.8 Å². The maximum Gasteiger partial charge on any atom is 0.0558 e. The molecule has 1 fully saturated rings. The van der Waals surface area contributed by atoms with Gasteiger partial charge in [-0.25, -0.2) is 0 Å². The van der Waals surface area contributed by atoms with Gasteiger partial charge in [0.25, 0.3) is 0 Å². The summed E-state index contributed by atoms with van der Waals surface area (Å²) in [6.07, 6.45) is 5.35. The zero-order valence-electron chi connectivity index (χ0n) is 9.34. The van der Waals surface area contributed by atoms with Crippen LogP contribution in [0.3, 0.4) is 0 Å². The van der Waals surface area contributed by atoms with Crippen LogP contribution in [0.25, 0.3) is 0 Å². The van der Waals surface area contributed by atoms with E-state index in [-0.39, 0.29) is 6.61 Å². The molecule has 0 aromatic carbocycles. The van der Waals surface area contributed by atoms with E-state index < -0.39 is 0 Å². The van der Waals surface area contributed by atoms with Gasteiger partial charge in [0, 0.05) is 6.54 Å². The van der Waals surface area contributed by atoms with Crippen LogP contribution in [0.15, 0.2) is 0 Å². The zero-order valence-corrected chi connectivity index (χ0v) is 9.34. The second-order valence-electron chi connectivity index (χ2n) is 4.38. The SMILES string of the molecule is CN(CCO)CCC1CCCCNC1. The van der Waals surface area contributed by atoms with Gasteiger partial charge >= 0.3 is 0 Å². The van der Waals surface area contributed by atoms with Crippen molar-refractivity contribution in [2.45, 2.75) is 25.7 Å². The van der Waals surface area contributed by atoms with Crippen molar-refractivity contribution in [2.24, 2.45) is 5.92 Å². The highest BCUT2D eigenvalue weighted by Crippen LogP contribution is 2.14. The zero-order chi connectivity index (χ0) is 10.2. The molecule has 1 aliphatic heterocycles. The van der Waals surface area contributed by atoms with Gasteiger partial charge in [0.05, 0.1) is 6.61 Å². The molecule has 2 N–H and O–H groups in total. The standard InChI is InChI=1S/C11H24N2O/c1-13(8-9-14)7-5-11-4-2-3-6-12-10-11/h11-12,14H,2-10H2,1H3. The lowest BCUT2D eigenvalue weighted by Gasteiger charge is -2.19. The molecule has 1 atom stereocenters. The van der Waals surface area contributed by atoms with Gasteiger partial charge in [0.15, 0.2) is 0 Å². The van der Waals surface area contributed by atoms with Crippen LogP contribution in [-0.2, 0) is 0 Å². The van der Waals surface area contributed by atoms with E-state index in [1.165, 1.54) is 38.8 Å². The van der Waals surface area contributed by atoms with Crippen molar-refractivity contribution < 1.29 is 5.11 Å². The molecule has 1 saturated heterocycles. The average molecular weight is 200 g/mol. The second kappa shape index (κ2) is 7.21. The molecular formula is C11H24N2O. The summed E-state index contributed by atoms with van der Waals surface area (Å²) in [5.41, 5.74) is 0. The molecule has 1 rings (SSSR count). The summed E-state index contributed by atoms with van der Waals surface area (Å²) in [7, 11) is 2.08. The van der Waals surface area contributed by atoms with E-state index in [4.69, 9.17) is 5.11 Å². The Morgan fingerprint density at radius 2 is 2.21 bits per heavy atom. The van der Waals surface area contributed by atoms with Crippen LogP contribution in [0, 0.1) is 5.92 Å². The normalized spacial score (nSPS) is 23.8. The Morgan fingerprint density at radius 1 is 1.36 bits per heavy atom. The van der Waals surface area contributed by atoms with Gasteiger partial charge in [0.1, 0.15) is 0 Å². The number of rotatable bonds is 5. The molecule has 0 saturated carbocycles. The predicted molar refractivity (Wildman–Crippen MR) is 59.4 cm³/mol. The van der Waals surface area contributed by atoms with Gasteiger partial charge in [-0.2, -0.15) is 0 Å². The topological polar surface area (TPSA) is 35.5 Å². The van der Waals surface area contributed by atoms with Crippen LogP contribution in [0.1, 0.15) is 25.7 Å². The maximum absolute atomic E-state index is 8.76.